The molecule has 1 aromatic heterocycles. The van der Waals surface area contributed by atoms with Crippen molar-refractivity contribution in [1.29, 1.82) is 5.41 Å². The largest absolute Gasteiger partial charge is 0.455 e. The maximum Gasteiger partial charge on any atom is 0.152 e. The second-order valence-electron chi connectivity index (χ2n) is 6.36. The zero-order valence-electron chi connectivity index (χ0n) is 15.4. The Bertz CT molecular complexity index is 954. The van der Waals surface area contributed by atoms with E-state index in [4.69, 9.17) is 10.1 Å². The van der Waals surface area contributed by atoms with Gasteiger partial charge in [-0.15, -0.1) is 0 Å². The molecule has 0 spiro atoms. The van der Waals surface area contributed by atoms with Crippen LogP contribution in [0.3, 0.4) is 0 Å². The first-order valence-corrected chi connectivity index (χ1v) is 8.81. The number of carbonyl (C=O) groups is 1. The summed E-state index contributed by atoms with van der Waals surface area (Å²) in [6.45, 7) is 4.02. The summed E-state index contributed by atoms with van der Waals surface area (Å²) in [6.07, 6.45) is 5.18. The molecule has 0 saturated heterocycles. The second kappa shape index (κ2) is 8.32. The minimum absolute atomic E-state index is 0.289. The van der Waals surface area contributed by atoms with E-state index in [1.807, 2.05) is 49.4 Å². The minimum Gasteiger partial charge on any atom is -0.455 e. The number of benzene rings is 2. The lowest BCUT2D eigenvalue weighted by Crippen LogP contribution is -1.99. The Kier molecular flexibility index (Phi) is 5.67. The van der Waals surface area contributed by atoms with Gasteiger partial charge in [0.05, 0.1) is 5.69 Å². The molecule has 0 saturated carbocycles. The molecule has 1 atom stereocenters. The van der Waals surface area contributed by atoms with Gasteiger partial charge in [-0.2, -0.15) is 0 Å². The van der Waals surface area contributed by atoms with E-state index in [1.54, 1.807) is 12.3 Å². The van der Waals surface area contributed by atoms with Crippen LogP contribution in [0.25, 0.3) is 5.76 Å². The van der Waals surface area contributed by atoms with Gasteiger partial charge in [0.15, 0.2) is 12.0 Å². The molecule has 3 rings (SSSR count). The highest BCUT2D eigenvalue weighted by Crippen LogP contribution is 2.28. The highest BCUT2D eigenvalue weighted by atomic mass is 16.5. The average molecular weight is 358 g/mol. The normalized spacial score (nSPS) is 12.4. The predicted octanol–water partition coefficient (Wildman–Crippen LogP) is 5.36. The Balaban J connectivity index is 1.81. The van der Waals surface area contributed by atoms with Gasteiger partial charge in [0.25, 0.3) is 0 Å². The van der Waals surface area contributed by atoms with Crippen LogP contribution in [0.2, 0.25) is 0 Å². The third-order valence-corrected chi connectivity index (χ3v) is 4.70. The van der Waals surface area contributed by atoms with E-state index in [-0.39, 0.29) is 5.92 Å². The number of hydrogen-bond donors (Lipinski definition) is 2. The van der Waals surface area contributed by atoms with Crippen molar-refractivity contribution in [3.8, 4) is 5.75 Å². The van der Waals surface area contributed by atoms with Crippen LogP contribution in [0.5, 0.6) is 5.75 Å². The zero-order chi connectivity index (χ0) is 19.2. The number of aromatic amines is 1. The average Bonchev–Trinajstić information content (AvgIpc) is 3.09. The van der Waals surface area contributed by atoms with E-state index < -0.39 is 0 Å². The third-order valence-electron chi connectivity index (χ3n) is 4.70. The lowest BCUT2D eigenvalue weighted by molar-refractivity contribution is 0.112. The summed E-state index contributed by atoms with van der Waals surface area (Å²) >= 11 is 0. The number of rotatable bonds is 7. The number of ether oxygens (including phenoxy) is 1. The molecule has 0 radical (unpaired) electrons. The molecule has 136 valence electrons. The van der Waals surface area contributed by atoms with E-state index >= 15 is 0 Å². The maximum absolute atomic E-state index is 11.1. The van der Waals surface area contributed by atoms with Gasteiger partial charge in [0, 0.05) is 30.0 Å². The van der Waals surface area contributed by atoms with Crippen LogP contribution in [-0.4, -0.2) is 17.5 Å². The zero-order valence-corrected chi connectivity index (χ0v) is 15.4. The fourth-order valence-electron chi connectivity index (χ4n) is 3.02. The van der Waals surface area contributed by atoms with E-state index in [2.05, 4.69) is 24.0 Å². The van der Waals surface area contributed by atoms with Gasteiger partial charge < -0.3 is 15.1 Å². The van der Waals surface area contributed by atoms with Gasteiger partial charge in [-0.25, -0.2) is 0 Å². The molecular weight excluding hydrogens is 336 g/mol. The summed E-state index contributed by atoms with van der Waals surface area (Å²) in [7, 11) is 0. The van der Waals surface area contributed by atoms with Crippen molar-refractivity contribution in [2.24, 2.45) is 0 Å². The highest BCUT2D eigenvalue weighted by Gasteiger charge is 2.13. The van der Waals surface area contributed by atoms with Crippen LogP contribution in [0, 0.1) is 12.3 Å². The van der Waals surface area contributed by atoms with E-state index in [9.17, 15) is 4.79 Å². The first-order valence-electron chi connectivity index (χ1n) is 8.81. The Morgan fingerprint density at radius 3 is 2.33 bits per heavy atom. The molecule has 1 unspecified atom stereocenters. The molecule has 0 fully saturated rings. The molecule has 4 heteroatoms. The number of allylic oxidation sites excluding steroid dienone is 1. The number of H-pyrrole nitrogens is 1. The molecule has 27 heavy (non-hydrogen) atoms. The smallest absolute Gasteiger partial charge is 0.152 e. The first-order chi connectivity index (χ1) is 13.1. The standard InChI is InChI=1S/C23H22N2O2/c1-16(18-6-4-3-5-7-18)19-8-10-21(11-9-19)27-22(12-13-24)23-17(2)20(15-26)14-25-23/h3-16,24-25H,1-2H3/b22-12+,24-13?. The summed E-state index contributed by atoms with van der Waals surface area (Å²) in [6, 6.07) is 18.3. The Hall–Kier alpha value is -3.40. The molecule has 2 N–H and O–H groups in total. The number of aromatic nitrogens is 1. The minimum atomic E-state index is 0.289. The van der Waals surface area contributed by atoms with Crippen molar-refractivity contribution < 1.29 is 9.53 Å². The van der Waals surface area contributed by atoms with E-state index in [1.165, 1.54) is 17.3 Å². The molecule has 2 aromatic carbocycles. The molecule has 0 aliphatic carbocycles. The summed E-state index contributed by atoms with van der Waals surface area (Å²) in [5, 5.41) is 7.39. The second-order valence-corrected chi connectivity index (χ2v) is 6.36. The van der Waals surface area contributed by atoms with E-state index in [0.717, 1.165) is 11.8 Å². The Labute approximate surface area is 159 Å². The van der Waals surface area contributed by atoms with Crippen LogP contribution in [0.15, 0.2) is 66.9 Å². The van der Waals surface area contributed by atoms with Crippen molar-refractivity contribution in [3.05, 3.63) is 94.8 Å². The number of nitrogens with one attached hydrogen (secondary N) is 2. The molecule has 1 heterocycles. The van der Waals surface area contributed by atoms with Crippen molar-refractivity contribution in [2.75, 3.05) is 0 Å². The van der Waals surface area contributed by atoms with Crippen LogP contribution < -0.4 is 4.74 Å². The quantitative estimate of drug-likeness (QED) is 0.339. The maximum atomic E-state index is 11.1. The molecule has 0 aliphatic heterocycles. The third kappa shape index (κ3) is 4.06. The summed E-state index contributed by atoms with van der Waals surface area (Å²) in [5.74, 6) is 1.46. The van der Waals surface area contributed by atoms with Gasteiger partial charge in [0.1, 0.15) is 5.75 Å². The Morgan fingerprint density at radius 1 is 1.07 bits per heavy atom. The monoisotopic (exact) mass is 358 g/mol. The Morgan fingerprint density at radius 2 is 1.74 bits per heavy atom. The number of carbonyl (C=O) groups excluding carboxylic acids is 1. The van der Waals surface area contributed by atoms with E-state index in [0.29, 0.717) is 22.8 Å². The van der Waals surface area contributed by atoms with Crippen LogP contribution >= 0.6 is 0 Å². The topological polar surface area (TPSA) is 65.9 Å². The van der Waals surface area contributed by atoms with Crippen molar-refractivity contribution in [2.45, 2.75) is 19.8 Å². The van der Waals surface area contributed by atoms with Crippen LogP contribution in [0.1, 0.15) is 45.6 Å². The van der Waals surface area contributed by atoms with Crippen LogP contribution in [0.4, 0.5) is 0 Å². The number of hydrogen-bond acceptors (Lipinski definition) is 3. The van der Waals surface area contributed by atoms with Crippen molar-refractivity contribution in [1.82, 2.24) is 4.98 Å². The highest BCUT2D eigenvalue weighted by molar-refractivity contribution is 5.85. The lowest BCUT2D eigenvalue weighted by Gasteiger charge is -2.14. The molecule has 0 aliphatic rings. The summed E-state index contributed by atoms with van der Waals surface area (Å²) in [4.78, 5) is 14.1. The molecule has 3 aromatic rings. The van der Waals surface area contributed by atoms with Crippen molar-refractivity contribution in [3.63, 3.8) is 0 Å². The fraction of sp³-hybridized carbons (Fsp3) is 0.130. The first kappa shape index (κ1) is 18.4. The molecular formula is C23H22N2O2. The summed E-state index contributed by atoms with van der Waals surface area (Å²) in [5.41, 5.74) is 4.54. The van der Waals surface area contributed by atoms with Gasteiger partial charge in [-0.1, -0.05) is 49.4 Å². The summed E-state index contributed by atoms with van der Waals surface area (Å²) < 4.78 is 5.98. The van der Waals surface area contributed by atoms with Gasteiger partial charge in [0.2, 0.25) is 0 Å². The molecule has 4 nitrogen and oxygen atoms in total. The van der Waals surface area contributed by atoms with Gasteiger partial charge >= 0.3 is 0 Å². The lowest BCUT2D eigenvalue weighted by atomic mass is 9.93. The molecule has 0 amide bonds. The van der Waals surface area contributed by atoms with Crippen LogP contribution in [-0.2, 0) is 0 Å². The predicted molar refractivity (Wildman–Crippen MR) is 109 cm³/mol. The van der Waals surface area contributed by atoms with Gasteiger partial charge in [-0.05, 0) is 35.7 Å². The number of aldehydes is 1. The van der Waals surface area contributed by atoms with Crippen molar-refractivity contribution >= 4 is 18.3 Å². The van der Waals surface area contributed by atoms with Gasteiger partial charge in [-0.3, -0.25) is 4.79 Å². The molecule has 0 bridgehead atoms. The fourth-order valence-corrected chi connectivity index (χ4v) is 3.02. The SMILES string of the molecule is Cc1c(C=O)c[nH]c1/C(=C\C=N)Oc1ccc(C(C)c2ccccc2)cc1.